The van der Waals surface area contributed by atoms with Gasteiger partial charge in [0.1, 0.15) is 0 Å². The highest BCUT2D eigenvalue weighted by Crippen LogP contribution is 2.35. The fourth-order valence-electron chi connectivity index (χ4n) is 2.32. The molecule has 1 nitrogen and oxygen atoms in total. The summed E-state index contributed by atoms with van der Waals surface area (Å²) < 4.78 is 0. The van der Waals surface area contributed by atoms with E-state index in [9.17, 15) is 0 Å². The average molecular weight is 244 g/mol. The zero-order valence-electron chi connectivity index (χ0n) is 9.06. The molecule has 2 rings (SSSR count). The van der Waals surface area contributed by atoms with Crippen molar-refractivity contribution in [2.75, 3.05) is 20.1 Å². The van der Waals surface area contributed by atoms with Gasteiger partial charge in [-0.05, 0) is 36.6 Å². The number of nitrogens with zero attached hydrogens (tertiary/aromatic N) is 1. The third-order valence-corrected chi connectivity index (χ3v) is 3.88. The lowest BCUT2D eigenvalue weighted by atomic mass is 9.95. The first kappa shape index (κ1) is 11.3. The summed E-state index contributed by atoms with van der Waals surface area (Å²) in [5, 5.41) is 1.42. The summed E-state index contributed by atoms with van der Waals surface area (Å²) in [5.41, 5.74) is 2.59. The van der Waals surface area contributed by atoms with Crippen molar-refractivity contribution < 1.29 is 0 Å². The molecule has 3 heteroatoms. The zero-order valence-corrected chi connectivity index (χ0v) is 10.6. The molecule has 0 unspecified atom stereocenters. The van der Waals surface area contributed by atoms with Gasteiger partial charge in [0.05, 0.1) is 10.0 Å². The van der Waals surface area contributed by atoms with E-state index in [1.807, 2.05) is 6.07 Å². The highest BCUT2D eigenvalue weighted by atomic mass is 35.5. The van der Waals surface area contributed by atoms with Crippen molar-refractivity contribution in [2.24, 2.45) is 0 Å². The second-order valence-electron chi connectivity index (χ2n) is 4.35. The SMILES string of the molecule is C[C@H]1CN(C)CCc2ccc(Cl)c(Cl)c21. The Morgan fingerprint density at radius 2 is 2.07 bits per heavy atom. The number of halogens is 2. The van der Waals surface area contributed by atoms with Crippen LogP contribution in [0.2, 0.25) is 10.0 Å². The Balaban J connectivity index is 2.50. The molecule has 1 aromatic rings. The highest BCUT2D eigenvalue weighted by molar-refractivity contribution is 6.42. The van der Waals surface area contributed by atoms with Gasteiger partial charge in [-0.15, -0.1) is 0 Å². The smallest absolute Gasteiger partial charge is 0.0630 e. The highest BCUT2D eigenvalue weighted by Gasteiger charge is 2.21. The zero-order chi connectivity index (χ0) is 11.0. The minimum atomic E-state index is 0.457. The van der Waals surface area contributed by atoms with Crippen LogP contribution in [0.1, 0.15) is 24.0 Å². The molecule has 0 bridgehead atoms. The van der Waals surface area contributed by atoms with E-state index < -0.39 is 0 Å². The molecular weight excluding hydrogens is 229 g/mol. The Kier molecular flexibility index (Phi) is 3.24. The van der Waals surface area contributed by atoms with E-state index >= 15 is 0 Å². The van der Waals surface area contributed by atoms with Crippen LogP contribution in [0.3, 0.4) is 0 Å². The third kappa shape index (κ3) is 2.15. The van der Waals surface area contributed by atoms with Crippen LogP contribution >= 0.6 is 23.2 Å². The molecule has 1 aromatic carbocycles. The predicted molar refractivity (Wildman–Crippen MR) is 66.1 cm³/mol. The van der Waals surface area contributed by atoms with E-state index in [-0.39, 0.29) is 0 Å². The van der Waals surface area contributed by atoms with Gasteiger partial charge in [0.25, 0.3) is 0 Å². The number of hydrogen-bond donors (Lipinski definition) is 0. The number of hydrogen-bond acceptors (Lipinski definition) is 1. The summed E-state index contributed by atoms with van der Waals surface area (Å²) in [6.45, 7) is 4.35. The summed E-state index contributed by atoms with van der Waals surface area (Å²) in [6.07, 6.45) is 1.06. The van der Waals surface area contributed by atoms with Crippen LogP contribution in [-0.2, 0) is 6.42 Å². The van der Waals surface area contributed by atoms with Crippen molar-refractivity contribution in [3.05, 3.63) is 33.3 Å². The lowest BCUT2D eigenvalue weighted by molar-refractivity contribution is 0.332. The summed E-state index contributed by atoms with van der Waals surface area (Å²) >= 11 is 12.3. The van der Waals surface area contributed by atoms with Gasteiger partial charge in [0.15, 0.2) is 0 Å². The van der Waals surface area contributed by atoms with Crippen molar-refractivity contribution in [1.29, 1.82) is 0 Å². The van der Waals surface area contributed by atoms with Gasteiger partial charge in [-0.1, -0.05) is 36.2 Å². The fourth-order valence-corrected chi connectivity index (χ4v) is 2.85. The van der Waals surface area contributed by atoms with E-state index in [0.717, 1.165) is 24.5 Å². The molecule has 0 spiro atoms. The van der Waals surface area contributed by atoms with Crippen molar-refractivity contribution in [2.45, 2.75) is 19.3 Å². The summed E-state index contributed by atoms with van der Waals surface area (Å²) in [4.78, 5) is 2.34. The van der Waals surface area contributed by atoms with Gasteiger partial charge in [0, 0.05) is 13.1 Å². The van der Waals surface area contributed by atoms with Gasteiger partial charge >= 0.3 is 0 Å². The van der Waals surface area contributed by atoms with Crippen LogP contribution in [0.5, 0.6) is 0 Å². The van der Waals surface area contributed by atoms with E-state index in [2.05, 4.69) is 24.9 Å². The standard InChI is InChI=1S/C12H15Cl2N/c1-8-7-15(2)6-5-9-3-4-10(13)12(14)11(8)9/h3-4,8H,5-7H2,1-2H3/t8-/m0/s1. The molecule has 0 amide bonds. The molecule has 0 fully saturated rings. The van der Waals surface area contributed by atoms with Crippen LogP contribution in [0.25, 0.3) is 0 Å². The Morgan fingerprint density at radius 1 is 1.33 bits per heavy atom. The second kappa shape index (κ2) is 4.32. The monoisotopic (exact) mass is 243 g/mol. The summed E-state index contributed by atoms with van der Waals surface area (Å²) in [6, 6.07) is 4.01. The number of fused-ring (bicyclic) bond motifs is 1. The van der Waals surface area contributed by atoms with E-state index in [4.69, 9.17) is 23.2 Å². The molecule has 0 N–H and O–H groups in total. The minimum Gasteiger partial charge on any atom is -0.305 e. The van der Waals surface area contributed by atoms with E-state index in [1.54, 1.807) is 0 Å². The van der Waals surface area contributed by atoms with Crippen molar-refractivity contribution in [3.8, 4) is 0 Å². The van der Waals surface area contributed by atoms with E-state index in [1.165, 1.54) is 11.1 Å². The Morgan fingerprint density at radius 3 is 2.80 bits per heavy atom. The van der Waals surface area contributed by atoms with Gasteiger partial charge in [-0.3, -0.25) is 0 Å². The number of rotatable bonds is 0. The maximum absolute atomic E-state index is 6.28. The largest absolute Gasteiger partial charge is 0.305 e. The van der Waals surface area contributed by atoms with Crippen LogP contribution in [0.4, 0.5) is 0 Å². The van der Waals surface area contributed by atoms with Crippen LogP contribution in [-0.4, -0.2) is 25.0 Å². The maximum atomic E-state index is 6.28. The topological polar surface area (TPSA) is 3.24 Å². The molecule has 15 heavy (non-hydrogen) atoms. The van der Waals surface area contributed by atoms with Gasteiger partial charge in [-0.2, -0.15) is 0 Å². The molecule has 0 aliphatic carbocycles. The Hall–Kier alpha value is -0.240. The first-order valence-corrected chi connectivity index (χ1v) is 6.00. The van der Waals surface area contributed by atoms with Gasteiger partial charge < -0.3 is 4.90 Å². The molecule has 1 aliphatic heterocycles. The van der Waals surface area contributed by atoms with Crippen molar-refractivity contribution in [1.82, 2.24) is 4.90 Å². The molecule has 0 radical (unpaired) electrons. The third-order valence-electron chi connectivity index (χ3n) is 3.06. The first-order valence-electron chi connectivity index (χ1n) is 5.25. The average Bonchev–Trinajstić information content (AvgIpc) is 2.32. The summed E-state index contributed by atoms with van der Waals surface area (Å²) in [5.74, 6) is 0.457. The fraction of sp³-hybridized carbons (Fsp3) is 0.500. The molecule has 1 atom stereocenters. The van der Waals surface area contributed by atoms with Gasteiger partial charge in [-0.25, -0.2) is 0 Å². The molecule has 0 saturated heterocycles. The maximum Gasteiger partial charge on any atom is 0.0630 e. The van der Waals surface area contributed by atoms with E-state index in [0.29, 0.717) is 10.9 Å². The molecule has 0 saturated carbocycles. The molecule has 1 heterocycles. The normalized spacial score (nSPS) is 22.3. The second-order valence-corrected chi connectivity index (χ2v) is 5.13. The van der Waals surface area contributed by atoms with Crippen LogP contribution < -0.4 is 0 Å². The number of benzene rings is 1. The molecule has 82 valence electrons. The minimum absolute atomic E-state index is 0.457. The van der Waals surface area contributed by atoms with Crippen LogP contribution in [0, 0.1) is 0 Å². The molecule has 0 aromatic heterocycles. The Bertz CT molecular complexity index is 376. The molecular formula is C12H15Cl2N. The van der Waals surface area contributed by atoms with Gasteiger partial charge in [0.2, 0.25) is 0 Å². The predicted octanol–water partition coefficient (Wildman–Crippen LogP) is 3.58. The molecule has 1 aliphatic rings. The van der Waals surface area contributed by atoms with Crippen molar-refractivity contribution in [3.63, 3.8) is 0 Å². The first-order chi connectivity index (χ1) is 7.09. The Labute approximate surface area is 101 Å². The lowest BCUT2D eigenvalue weighted by Gasteiger charge is -2.18. The van der Waals surface area contributed by atoms with Crippen molar-refractivity contribution >= 4 is 23.2 Å². The van der Waals surface area contributed by atoms with Crippen LogP contribution in [0.15, 0.2) is 12.1 Å². The summed E-state index contributed by atoms with van der Waals surface area (Å²) in [7, 11) is 2.15. The number of likely N-dealkylation sites (N-methyl/N-ethyl adjacent to an activating group) is 1. The quantitative estimate of drug-likeness (QED) is 0.674. The lowest BCUT2D eigenvalue weighted by Crippen LogP contribution is -2.22.